The summed E-state index contributed by atoms with van der Waals surface area (Å²) in [6.07, 6.45) is 3.82. The fraction of sp³-hybridized carbons (Fsp3) is 0.160. The molecule has 1 N–H and O–H groups in total. The largest absolute Gasteiger partial charge is 0.497 e. The van der Waals surface area contributed by atoms with E-state index in [1.165, 1.54) is 33.0 Å². The summed E-state index contributed by atoms with van der Waals surface area (Å²) in [6, 6.07) is 23.3. The maximum absolute atomic E-state index is 5.39. The Kier molecular flexibility index (Phi) is 5.36. The predicted octanol–water partition coefficient (Wildman–Crippen LogP) is 5.51. The van der Waals surface area contributed by atoms with Crippen LogP contribution in [0.25, 0.3) is 21.9 Å². The lowest BCUT2D eigenvalue weighted by molar-refractivity contribution is 0.415. The van der Waals surface area contributed by atoms with E-state index in [4.69, 9.17) is 4.74 Å². The van der Waals surface area contributed by atoms with Gasteiger partial charge in [0, 0.05) is 30.9 Å². The normalized spacial score (nSPS) is 10.9. The maximum atomic E-state index is 5.39. The summed E-state index contributed by atoms with van der Waals surface area (Å²) in [5.74, 6) is 0.864. The van der Waals surface area contributed by atoms with E-state index in [0.717, 1.165) is 24.4 Å². The third kappa shape index (κ3) is 3.90. The Morgan fingerprint density at radius 2 is 1.79 bits per heavy atom. The van der Waals surface area contributed by atoms with Gasteiger partial charge in [-0.15, -0.1) is 0 Å². The highest BCUT2D eigenvalue weighted by Gasteiger charge is 2.09. The summed E-state index contributed by atoms with van der Waals surface area (Å²) in [5.41, 5.74) is 6.18. The number of benzene rings is 3. The van der Waals surface area contributed by atoms with Crippen molar-refractivity contribution >= 4 is 10.8 Å². The SMILES string of the molecule is COc1cccc(-c2ccc(CNCc3cccc(C)c3)c3cnccc23)c1. The molecule has 3 nitrogen and oxygen atoms in total. The Morgan fingerprint density at radius 1 is 0.893 bits per heavy atom. The highest BCUT2D eigenvalue weighted by atomic mass is 16.5. The Labute approximate surface area is 166 Å². The van der Waals surface area contributed by atoms with Gasteiger partial charge in [0.2, 0.25) is 0 Å². The third-order valence-electron chi connectivity index (χ3n) is 5.02. The number of methoxy groups -OCH3 is 1. The van der Waals surface area contributed by atoms with Crippen LogP contribution in [0.2, 0.25) is 0 Å². The van der Waals surface area contributed by atoms with Crippen molar-refractivity contribution < 1.29 is 4.74 Å². The molecule has 1 heterocycles. The van der Waals surface area contributed by atoms with Crippen molar-refractivity contribution in [3.05, 3.63) is 95.8 Å². The minimum Gasteiger partial charge on any atom is -0.497 e. The first-order valence-electron chi connectivity index (χ1n) is 9.51. The highest BCUT2D eigenvalue weighted by molar-refractivity contribution is 5.98. The van der Waals surface area contributed by atoms with E-state index in [2.05, 4.69) is 71.8 Å². The average molecular weight is 368 g/mol. The summed E-state index contributed by atoms with van der Waals surface area (Å²) in [7, 11) is 1.70. The van der Waals surface area contributed by atoms with Gasteiger partial charge in [0.15, 0.2) is 0 Å². The van der Waals surface area contributed by atoms with Crippen LogP contribution in [0.5, 0.6) is 5.75 Å². The molecule has 0 bridgehead atoms. The molecular formula is C25H24N2O. The number of fused-ring (bicyclic) bond motifs is 1. The average Bonchev–Trinajstić information content (AvgIpc) is 2.74. The number of nitrogens with one attached hydrogen (secondary N) is 1. The number of ether oxygens (including phenoxy) is 1. The van der Waals surface area contributed by atoms with Crippen LogP contribution in [0.4, 0.5) is 0 Å². The Morgan fingerprint density at radius 3 is 2.64 bits per heavy atom. The molecule has 0 aliphatic carbocycles. The molecule has 0 spiro atoms. The van der Waals surface area contributed by atoms with E-state index in [0.29, 0.717) is 0 Å². The fourth-order valence-electron chi connectivity index (χ4n) is 3.61. The van der Waals surface area contributed by atoms with Crippen molar-refractivity contribution in [2.45, 2.75) is 20.0 Å². The quantitative estimate of drug-likeness (QED) is 0.487. The Hall–Kier alpha value is -3.17. The summed E-state index contributed by atoms with van der Waals surface area (Å²) in [4.78, 5) is 4.37. The monoisotopic (exact) mass is 368 g/mol. The van der Waals surface area contributed by atoms with Gasteiger partial charge in [0.05, 0.1) is 7.11 Å². The molecule has 0 fully saturated rings. The molecule has 4 rings (SSSR count). The van der Waals surface area contributed by atoms with Gasteiger partial charge in [-0.3, -0.25) is 4.98 Å². The summed E-state index contributed by atoms with van der Waals surface area (Å²) < 4.78 is 5.39. The van der Waals surface area contributed by atoms with Crippen molar-refractivity contribution in [3.63, 3.8) is 0 Å². The van der Waals surface area contributed by atoms with Crippen molar-refractivity contribution in [1.82, 2.24) is 10.3 Å². The molecule has 0 aliphatic rings. The second kappa shape index (κ2) is 8.24. The molecule has 0 saturated heterocycles. The minimum absolute atomic E-state index is 0.800. The van der Waals surface area contributed by atoms with Crippen molar-refractivity contribution in [1.29, 1.82) is 0 Å². The molecular weight excluding hydrogens is 344 g/mol. The van der Waals surface area contributed by atoms with Crippen molar-refractivity contribution in [3.8, 4) is 16.9 Å². The number of hydrogen-bond acceptors (Lipinski definition) is 3. The Bertz CT molecular complexity index is 1100. The maximum Gasteiger partial charge on any atom is 0.119 e. The van der Waals surface area contributed by atoms with E-state index in [1.54, 1.807) is 7.11 Å². The fourth-order valence-corrected chi connectivity index (χ4v) is 3.61. The molecule has 0 amide bonds. The highest BCUT2D eigenvalue weighted by Crippen LogP contribution is 2.32. The van der Waals surface area contributed by atoms with E-state index in [9.17, 15) is 0 Å². The Balaban J connectivity index is 1.62. The van der Waals surface area contributed by atoms with Crippen LogP contribution in [0.15, 0.2) is 79.1 Å². The van der Waals surface area contributed by atoms with Gasteiger partial charge in [0.25, 0.3) is 0 Å². The van der Waals surface area contributed by atoms with Gasteiger partial charge in [-0.05, 0) is 52.8 Å². The number of aromatic nitrogens is 1. The molecule has 1 aromatic heterocycles. The van der Waals surface area contributed by atoms with Crippen LogP contribution in [0, 0.1) is 6.92 Å². The molecule has 4 aromatic rings. The zero-order valence-corrected chi connectivity index (χ0v) is 16.3. The van der Waals surface area contributed by atoms with Gasteiger partial charge in [-0.2, -0.15) is 0 Å². The van der Waals surface area contributed by atoms with Crippen LogP contribution in [0.1, 0.15) is 16.7 Å². The molecule has 3 heteroatoms. The van der Waals surface area contributed by atoms with Crippen LogP contribution in [-0.2, 0) is 13.1 Å². The predicted molar refractivity (Wildman–Crippen MR) is 115 cm³/mol. The van der Waals surface area contributed by atoms with Gasteiger partial charge in [-0.1, -0.05) is 54.1 Å². The zero-order valence-electron chi connectivity index (χ0n) is 16.3. The van der Waals surface area contributed by atoms with E-state index in [-0.39, 0.29) is 0 Å². The number of rotatable bonds is 6. The van der Waals surface area contributed by atoms with Gasteiger partial charge in [-0.25, -0.2) is 0 Å². The van der Waals surface area contributed by atoms with Crippen LogP contribution >= 0.6 is 0 Å². The minimum atomic E-state index is 0.800. The van der Waals surface area contributed by atoms with E-state index in [1.807, 2.05) is 24.5 Å². The number of pyridine rings is 1. The first kappa shape index (κ1) is 18.2. The molecule has 0 atom stereocenters. The number of aryl methyl sites for hydroxylation is 1. The summed E-state index contributed by atoms with van der Waals surface area (Å²) >= 11 is 0. The lowest BCUT2D eigenvalue weighted by Crippen LogP contribution is -2.13. The molecule has 28 heavy (non-hydrogen) atoms. The second-order valence-electron chi connectivity index (χ2n) is 7.02. The molecule has 0 radical (unpaired) electrons. The van der Waals surface area contributed by atoms with Gasteiger partial charge < -0.3 is 10.1 Å². The first-order valence-corrected chi connectivity index (χ1v) is 9.51. The van der Waals surface area contributed by atoms with E-state index < -0.39 is 0 Å². The zero-order chi connectivity index (χ0) is 19.3. The first-order chi connectivity index (χ1) is 13.7. The summed E-state index contributed by atoms with van der Waals surface area (Å²) in [6.45, 7) is 3.77. The molecule has 0 unspecified atom stereocenters. The van der Waals surface area contributed by atoms with E-state index >= 15 is 0 Å². The third-order valence-corrected chi connectivity index (χ3v) is 5.02. The van der Waals surface area contributed by atoms with Crippen LogP contribution in [0.3, 0.4) is 0 Å². The second-order valence-corrected chi connectivity index (χ2v) is 7.02. The topological polar surface area (TPSA) is 34.1 Å². The number of nitrogens with zero attached hydrogens (tertiary/aromatic N) is 1. The molecule has 3 aromatic carbocycles. The van der Waals surface area contributed by atoms with Gasteiger partial charge >= 0.3 is 0 Å². The molecule has 0 saturated carbocycles. The molecule has 0 aliphatic heterocycles. The van der Waals surface area contributed by atoms with Crippen molar-refractivity contribution in [2.75, 3.05) is 7.11 Å². The lowest BCUT2D eigenvalue weighted by atomic mass is 9.96. The standard InChI is InChI=1S/C25H24N2O/c1-18-5-3-6-19(13-18)15-27-16-21-9-10-23(24-11-12-26-17-25(21)24)20-7-4-8-22(14-20)28-2/h3-14,17,27H,15-16H2,1-2H3. The van der Waals surface area contributed by atoms with Gasteiger partial charge in [0.1, 0.15) is 5.75 Å². The lowest BCUT2D eigenvalue weighted by Gasteiger charge is -2.13. The van der Waals surface area contributed by atoms with Crippen LogP contribution < -0.4 is 10.1 Å². The van der Waals surface area contributed by atoms with Crippen LogP contribution in [-0.4, -0.2) is 12.1 Å². The number of hydrogen-bond donors (Lipinski definition) is 1. The smallest absolute Gasteiger partial charge is 0.119 e. The summed E-state index contributed by atoms with van der Waals surface area (Å²) in [5, 5.41) is 5.95. The molecule has 140 valence electrons. The van der Waals surface area contributed by atoms with Crippen molar-refractivity contribution in [2.24, 2.45) is 0 Å².